The number of nitrogens with zero attached hydrogens (tertiary/aromatic N) is 2. The Bertz CT molecular complexity index is 860. The van der Waals surface area contributed by atoms with Crippen molar-refractivity contribution < 1.29 is 14.3 Å². The summed E-state index contributed by atoms with van der Waals surface area (Å²) >= 11 is 3.50. The van der Waals surface area contributed by atoms with Crippen LogP contribution in [0.2, 0.25) is 0 Å². The van der Waals surface area contributed by atoms with Gasteiger partial charge in [0.1, 0.15) is 5.69 Å². The summed E-state index contributed by atoms with van der Waals surface area (Å²) in [6.07, 6.45) is 3.71. The van der Waals surface area contributed by atoms with Gasteiger partial charge in [0.15, 0.2) is 5.78 Å². The molecule has 1 aromatic heterocycles. The van der Waals surface area contributed by atoms with Gasteiger partial charge in [0.2, 0.25) is 0 Å². The first kappa shape index (κ1) is 19.4. The summed E-state index contributed by atoms with van der Waals surface area (Å²) < 4.78 is 6.92. The number of hydrogen-bond donors (Lipinski definition) is 1. The number of H-pyrrole nitrogens is 1. The zero-order valence-electron chi connectivity index (χ0n) is 15.7. The molecule has 6 nitrogen and oxygen atoms in total. The maximum atomic E-state index is 12.7. The molecule has 4 rings (SSSR count). The molecular formula is C21H24BrN3O3. The summed E-state index contributed by atoms with van der Waals surface area (Å²) in [6, 6.07) is 9.77. The summed E-state index contributed by atoms with van der Waals surface area (Å²) in [7, 11) is 0. The number of carbonyl (C=O) groups excluding carboxylic acids is 2. The van der Waals surface area contributed by atoms with Crippen molar-refractivity contribution in [3.05, 3.63) is 57.8 Å². The lowest BCUT2D eigenvalue weighted by Crippen LogP contribution is -2.41. The number of hydrogen-bond acceptors (Lipinski definition) is 4. The van der Waals surface area contributed by atoms with Crippen LogP contribution in [0.15, 0.2) is 41.0 Å². The second-order valence-corrected chi connectivity index (χ2v) is 8.29. The number of aromatic nitrogens is 1. The molecular weight excluding hydrogens is 422 g/mol. The number of halogens is 1. The predicted molar refractivity (Wildman–Crippen MR) is 110 cm³/mol. The third-order valence-electron chi connectivity index (χ3n) is 5.37. The molecule has 2 aliphatic rings. The molecule has 1 unspecified atom stereocenters. The van der Waals surface area contributed by atoms with Crippen molar-refractivity contribution in [2.24, 2.45) is 0 Å². The lowest BCUT2D eigenvalue weighted by atomic mass is 10.1. The van der Waals surface area contributed by atoms with E-state index in [2.05, 4.69) is 31.9 Å². The van der Waals surface area contributed by atoms with E-state index in [1.54, 1.807) is 12.3 Å². The maximum absolute atomic E-state index is 12.7. The Kier molecular flexibility index (Phi) is 5.94. The molecule has 2 aromatic rings. The molecule has 2 fully saturated rings. The van der Waals surface area contributed by atoms with Gasteiger partial charge in [-0.1, -0.05) is 28.1 Å². The monoisotopic (exact) mass is 445 g/mol. The topological polar surface area (TPSA) is 65.6 Å². The molecule has 0 spiro atoms. The average Bonchev–Trinajstić information content (AvgIpc) is 3.40. The average molecular weight is 446 g/mol. The first-order valence-electron chi connectivity index (χ1n) is 9.70. The van der Waals surface area contributed by atoms with Crippen LogP contribution in [-0.4, -0.2) is 65.8 Å². The molecule has 1 N–H and O–H groups in total. The van der Waals surface area contributed by atoms with Crippen molar-refractivity contribution in [1.29, 1.82) is 0 Å². The van der Waals surface area contributed by atoms with Crippen LogP contribution < -0.4 is 0 Å². The fourth-order valence-corrected chi connectivity index (χ4v) is 4.24. The maximum Gasteiger partial charge on any atom is 0.270 e. The highest BCUT2D eigenvalue weighted by Crippen LogP contribution is 2.25. The van der Waals surface area contributed by atoms with Crippen LogP contribution in [-0.2, 0) is 4.74 Å². The number of nitrogens with one attached hydrogen (secondary N) is 1. The van der Waals surface area contributed by atoms with Gasteiger partial charge in [0.25, 0.3) is 5.91 Å². The van der Waals surface area contributed by atoms with Crippen LogP contribution in [0.3, 0.4) is 0 Å². The predicted octanol–water partition coefficient (Wildman–Crippen LogP) is 3.27. The van der Waals surface area contributed by atoms with Gasteiger partial charge in [-0.2, -0.15) is 0 Å². The lowest BCUT2D eigenvalue weighted by molar-refractivity contribution is -0.0275. The Morgan fingerprint density at radius 2 is 2.00 bits per heavy atom. The quantitative estimate of drug-likeness (QED) is 0.717. The van der Waals surface area contributed by atoms with Crippen molar-refractivity contribution in [2.45, 2.75) is 18.9 Å². The van der Waals surface area contributed by atoms with E-state index in [0.29, 0.717) is 31.0 Å². The van der Waals surface area contributed by atoms with E-state index in [4.69, 9.17) is 4.74 Å². The van der Waals surface area contributed by atoms with Crippen LogP contribution in [0, 0.1) is 0 Å². The molecule has 1 amide bonds. The lowest BCUT2D eigenvalue weighted by Gasteiger charge is -2.32. The van der Waals surface area contributed by atoms with E-state index in [0.717, 1.165) is 42.5 Å². The molecule has 0 bridgehead atoms. The minimum absolute atomic E-state index is 0.0161. The number of ketones is 1. The van der Waals surface area contributed by atoms with E-state index < -0.39 is 0 Å². The Morgan fingerprint density at radius 1 is 1.18 bits per heavy atom. The SMILES string of the molecule is O=C(CN1CCOC(c2cccc(Br)c2)C1)c1c[nH]c(C(=O)N2CCCC2)c1. The van der Waals surface area contributed by atoms with E-state index >= 15 is 0 Å². The van der Waals surface area contributed by atoms with E-state index in [1.165, 1.54) is 0 Å². The first-order chi connectivity index (χ1) is 13.6. The zero-order valence-corrected chi connectivity index (χ0v) is 17.3. The fraction of sp³-hybridized carbons (Fsp3) is 0.429. The Hall–Kier alpha value is -1.96. The number of likely N-dealkylation sites (tertiary alicyclic amines) is 1. The van der Waals surface area contributed by atoms with Crippen molar-refractivity contribution in [1.82, 2.24) is 14.8 Å². The Morgan fingerprint density at radius 3 is 2.79 bits per heavy atom. The van der Waals surface area contributed by atoms with Crippen LogP contribution in [0.25, 0.3) is 0 Å². The molecule has 148 valence electrons. The van der Waals surface area contributed by atoms with Gasteiger partial charge in [-0.25, -0.2) is 0 Å². The Balaban J connectivity index is 1.37. The minimum Gasteiger partial charge on any atom is -0.371 e. The molecule has 1 atom stereocenters. The van der Waals surface area contributed by atoms with Crippen molar-refractivity contribution in [3.8, 4) is 0 Å². The molecule has 7 heteroatoms. The van der Waals surface area contributed by atoms with Gasteiger partial charge in [-0.3, -0.25) is 14.5 Å². The summed E-state index contributed by atoms with van der Waals surface area (Å²) in [5.41, 5.74) is 2.17. The van der Waals surface area contributed by atoms with Crippen molar-refractivity contribution in [2.75, 3.05) is 39.3 Å². The highest BCUT2D eigenvalue weighted by molar-refractivity contribution is 9.10. The Labute approximate surface area is 173 Å². The number of amides is 1. The first-order valence-corrected chi connectivity index (χ1v) is 10.5. The minimum atomic E-state index is -0.0439. The number of morpholine rings is 1. The van der Waals surface area contributed by atoms with E-state index in [-0.39, 0.29) is 17.8 Å². The third kappa shape index (κ3) is 4.37. The molecule has 1 aromatic carbocycles. The van der Waals surface area contributed by atoms with Gasteiger partial charge in [0, 0.05) is 42.4 Å². The zero-order chi connectivity index (χ0) is 19.5. The molecule has 28 heavy (non-hydrogen) atoms. The number of carbonyl (C=O) groups is 2. The highest BCUT2D eigenvalue weighted by atomic mass is 79.9. The van der Waals surface area contributed by atoms with Crippen molar-refractivity contribution >= 4 is 27.6 Å². The van der Waals surface area contributed by atoms with E-state index in [9.17, 15) is 9.59 Å². The number of benzene rings is 1. The van der Waals surface area contributed by atoms with Crippen LogP contribution in [0.5, 0.6) is 0 Å². The summed E-state index contributed by atoms with van der Waals surface area (Å²) in [5.74, 6) is 0.00394. The fourth-order valence-electron chi connectivity index (χ4n) is 3.82. The van der Waals surface area contributed by atoms with Gasteiger partial charge in [-0.05, 0) is 36.6 Å². The van der Waals surface area contributed by atoms with E-state index in [1.807, 2.05) is 23.1 Å². The molecule has 0 saturated carbocycles. The second-order valence-electron chi connectivity index (χ2n) is 7.37. The largest absolute Gasteiger partial charge is 0.371 e. The standard InChI is InChI=1S/C21H24BrN3O3/c22-17-5-3-4-15(10-17)20-14-24(8-9-28-20)13-19(26)16-11-18(23-12-16)21(27)25-6-1-2-7-25/h3-5,10-12,20,23H,1-2,6-9,13-14H2. The third-order valence-corrected chi connectivity index (χ3v) is 5.86. The van der Waals surface area contributed by atoms with Gasteiger partial charge in [0.05, 0.1) is 19.3 Å². The molecule has 2 saturated heterocycles. The summed E-state index contributed by atoms with van der Waals surface area (Å²) in [5, 5.41) is 0. The smallest absolute Gasteiger partial charge is 0.270 e. The van der Waals surface area contributed by atoms with Gasteiger partial charge >= 0.3 is 0 Å². The van der Waals surface area contributed by atoms with Gasteiger partial charge in [-0.15, -0.1) is 0 Å². The van der Waals surface area contributed by atoms with Crippen molar-refractivity contribution in [3.63, 3.8) is 0 Å². The van der Waals surface area contributed by atoms with Gasteiger partial charge < -0.3 is 14.6 Å². The highest BCUT2D eigenvalue weighted by Gasteiger charge is 2.25. The van der Waals surface area contributed by atoms with Crippen LogP contribution in [0.4, 0.5) is 0 Å². The number of rotatable bonds is 5. The second kappa shape index (κ2) is 8.59. The molecule has 0 aliphatic carbocycles. The summed E-state index contributed by atoms with van der Waals surface area (Å²) in [6.45, 7) is 3.91. The normalized spacial score (nSPS) is 20.5. The summed E-state index contributed by atoms with van der Waals surface area (Å²) in [4.78, 5) is 32.1. The van der Waals surface area contributed by atoms with Crippen LogP contribution >= 0.6 is 15.9 Å². The molecule has 2 aliphatic heterocycles. The number of Topliss-reactive ketones (excluding diaryl/α,β-unsaturated/α-hetero) is 1. The van der Waals surface area contributed by atoms with Crippen LogP contribution in [0.1, 0.15) is 45.4 Å². The molecule has 0 radical (unpaired) electrons. The number of aromatic amines is 1. The molecule has 3 heterocycles. The number of ether oxygens (including phenoxy) is 1.